The maximum atomic E-state index is 14.2. The first kappa shape index (κ1) is 41.6. The zero-order valence-electron chi connectivity index (χ0n) is 36.6. The van der Waals surface area contributed by atoms with Gasteiger partial charge in [-0.15, -0.1) is 0 Å². The van der Waals surface area contributed by atoms with Crippen LogP contribution in [-0.2, 0) is 10.0 Å². The summed E-state index contributed by atoms with van der Waals surface area (Å²) in [7, 11) is -3.77. The van der Waals surface area contributed by atoms with Gasteiger partial charge in [0.25, 0.3) is 0 Å². The monoisotopic (exact) mass is 895 g/mol. The van der Waals surface area contributed by atoms with Crippen LogP contribution in [0.1, 0.15) is 34.8 Å². The van der Waals surface area contributed by atoms with Crippen molar-refractivity contribution in [1.29, 1.82) is 0 Å². The lowest BCUT2D eigenvalue weighted by Gasteiger charge is -2.19. The summed E-state index contributed by atoms with van der Waals surface area (Å²) in [5.41, 5.74) is 15.6. The number of benzene rings is 5. The fraction of sp³-hybridized carbons (Fsp3) is 0.0893. The van der Waals surface area contributed by atoms with Crippen molar-refractivity contribution in [3.8, 4) is 44.5 Å². The van der Waals surface area contributed by atoms with Crippen LogP contribution < -0.4 is 10.0 Å². The molecule has 3 aliphatic heterocycles. The highest BCUT2D eigenvalue weighted by Gasteiger charge is 2.31. The second-order valence-corrected chi connectivity index (χ2v) is 18.7. The molecule has 0 unspecified atom stereocenters. The standard InChI is InChI=1S/C56H45N7O3S/c1-36-21-23-41(24-22-36)67(65,66)62-40-33-34-63(35-40)56(64)61-43-20-12-11-19-42(43)55-50-31-29-48(59-50)53(38-15-7-3-8-16-38)46-27-25-44(57-46)52(37-13-5-2-6-14-37)45-26-28-47(58-45)54(39-17-9-4-10-18-39)49-30-32-51(55)60-49/h2-32,40,57,60,62H,33-35H2,1H3,(H,61,64)/t40-/m1/s1. The molecule has 1 fully saturated rings. The van der Waals surface area contributed by atoms with Gasteiger partial charge in [0.1, 0.15) is 0 Å². The molecule has 2 amide bonds. The molecule has 328 valence electrons. The number of aromatic nitrogens is 4. The Kier molecular flexibility index (Phi) is 10.8. The first-order valence-electron chi connectivity index (χ1n) is 22.3. The number of carbonyl (C=O) groups is 1. The topological polar surface area (TPSA) is 136 Å². The van der Waals surface area contributed by atoms with E-state index in [1.54, 1.807) is 29.2 Å². The third kappa shape index (κ3) is 8.15. The van der Waals surface area contributed by atoms with Crippen LogP contribution >= 0.6 is 0 Å². The number of fused-ring (bicyclic) bond motifs is 8. The molecule has 11 rings (SSSR count). The summed E-state index contributed by atoms with van der Waals surface area (Å²) in [6.45, 7) is 2.53. The number of carbonyl (C=O) groups excluding carboxylic acids is 1. The normalized spacial score (nSPS) is 14.4. The van der Waals surface area contributed by atoms with E-state index in [1.165, 1.54) is 0 Å². The number of aromatic amines is 2. The van der Waals surface area contributed by atoms with Crippen molar-refractivity contribution in [3.05, 3.63) is 192 Å². The molecule has 0 aliphatic carbocycles. The summed E-state index contributed by atoms with van der Waals surface area (Å²) in [5, 5.41) is 3.20. The summed E-state index contributed by atoms with van der Waals surface area (Å²) in [5.74, 6) is 0. The zero-order valence-corrected chi connectivity index (χ0v) is 37.4. The Hall–Kier alpha value is -8.12. The van der Waals surface area contributed by atoms with Gasteiger partial charge in [-0.05, 0) is 96.8 Å². The lowest BCUT2D eigenvalue weighted by Crippen LogP contribution is -2.39. The number of likely N-dealkylation sites (tertiary alicyclic amines) is 1. The van der Waals surface area contributed by atoms with Gasteiger partial charge in [0, 0.05) is 69.0 Å². The van der Waals surface area contributed by atoms with Crippen molar-refractivity contribution < 1.29 is 13.2 Å². The number of para-hydroxylation sites is 1. The van der Waals surface area contributed by atoms with Crippen LogP contribution in [-0.4, -0.2) is 58.4 Å². The maximum Gasteiger partial charge on any atom is 0.321 e. The summed E-state index contributed by atoms with van der Waals surface area (Å²) < 4.78 is 29.4. The predicted octanol–water partition coefficient (Wildman–Crippen LogP) is 12.2. The van der Waals surface area contributed by atoms with E-state index < -0.39 is 16.1 Å². The Balaban J connectivity index is 1.09. The quantitative estimate of drug-likeness (QED) is 0.120. The van der Waals surface area contributed by atoms with E-state index in [1.807, 2.05) is 91.9 Å². The fourth-order valence-electron chi connectivity index (χ4n) is 9.26. The lowest BCUT2D eigenvalue weighted by molar-refractivity contribution is 0.222. The van der Waals surface area contributed by atoms with Crippen LogP contribution in [0, 0.1) is 6.92 Å². The molecule has 0 radical (unpaired) electrons. The van der Waals surface area contributed by atoms with E-state index in [9.17, 15) is 13.2 Å². The molecular weight excluding hydrogens is 851 g/mol. The highest BCUT2D eigenvalue weighted by atomic mass is 32.2. The first-order valence-corrected chi connectivity index (χ1v) is 23.8. The minimum absolute atomic E-state index is 0.198. The van der Waals surface area contributed by atoms with E-state index in [0.717, 1.165) is 89.2 Å². The highest BCUT2D eigenvalue weighted by molar-refractivity contribution is 7.89. The van der Waals surface area contributed by atoms with Crippen molar-refractivity contribution in [2.75, 3.05) is 18.4 Å². The van der Waals surface area contributed by atoms with Crippen LogP contribution in [0.15, 0.2) is 169 Å². The average Bonchev–Trinajstić information content (AvgIpc) is 4.22. The number of nitrogens with one attached hydrogen (secondary N) is 4. The van der Waals surface area contributed by atoms with Crippen LogP contribution in [0.5, 0.6) is 0 Å². The van der Waals surface area contributed by atoms with E-state index in [4.69, 9.17) is 9.97 Å². The highest BCUT2D eigenvalue weighted by Crippen LogP contribution is 2.40. The number of anilines is 1. The van der Waals surface area contributed by atoms with Crippen LogP contribution in [0.25, 0.3) is 90.9 Å². The molecular formula is C56H45N7O3S. The van der Waals surface area contributed by atoms with Crippen molar-refractivity contribution >= 4 is 68.1 Å². The van der Waals surface area contributed by atoms with Gasteiger partial charge in [-0.2, -0.15) is 0 Å². The Morgan fingerprint density at radius 1 is 0.552 bits per heavy atom. The van der Waals surface area contributed by atoms with Gasteiger partial charge in [0.15, 0.2) is 0 Å². The molecule has 3 aliphatic rings. The largest absolute Gasteiger partial charge is 0.354 e. The Morgan fingerprint density at radius 2 is 0.985 bits per heavy atom. The summed E-state index contributed by atoms with van der Waals surface area (Å²) in [6.07, 6.45) is 8.75. The van der Waals surface area contributed by atoms with E-state index in [-0.39, 0.29) is 17.5 Å². The SMILES string of the molecule is Cc1ccc(S(=O)(=O)N[C@@H]2CCN(C(=O)Nc3ccccc3-c3c4nc(c(-c5ccccc5)c5ccc([nH]5)c(-c5ccccc5)c5nc(c(-c6ccccc6)c6ccc3[nH]6)C=C5)C=C4)C2)cc1. The molecule has 5 aromatic carbocycles. The van der Waals surface area contributed by atoms with Crippen molar-refractivity contribution in [3.63, 3.8) is 0 Å². The molecule has 10 nitrogen and oxygen atoms in total. The van der Waals surface area contributed by atoms with E-state index in [2.05, 4.69) is 98.9 Å². The van der Waals surface area contributed by atoms with Crippen molar-refractivity contribution in [2.24, 2.45) is 0 Å². The Labute approximate surface area is 388 Å². The third-order valence-corrected chi connectivity index (χ3v) is 14.0. The number of amides is 2. The molecule has 3 aromatic heterocycles. The minimum atomic E-state index is -3.77. The molecule has 0 saturated carbocycles. The second-order valence-electron chi connectivity index (χ2n) is 16.9. The molecule has 1 atom stereocenters. The number of sulfonamides is 1. The minimum Gasteiger partial charge on any atom is -0.354 e. The van der Waals surface area contributed by atoms with E-state index in [0.29, 0.717) is 24.3 Å². The van der Waals surface area contributed by atoms with Gasteiger partial charge in [0.2, 0.25) is 10.0 Å². The number of hydrogen-bond acceptors (Lipinski definition) is 5. The number of H-pyrrole nitrogens is 2. The van der Waals surface area contributed by atoms with Gasteiger partial charge in [0.05, 0.1) is 33.4 Å². The van der Waals surface area contributed by atoms with Crippen LogP contribution in [0.2, 0.25) is 0 Å². The Bertz CT molecular complexity index is 3510. The molecule has 4 N–H and O–H groups in total. The number of nitrogens with zero attached hydrogens (tertiary/aromatic N) is 3. The number of aryl methyl sites for hydroxylation is 1. The van der Waals surface area contributed by atoms with Gasteiger partial charge in [-0.25, -0.2) is 27.9 Å². The molecule has 0 spiro atoms. The molecule has 8 aromatic rings. The summed E-state index contributed by atoms with van der Waals surface area (Å²) in [6, 6.07) is 53.0. The molecule has 11 heteroatoms. The zero-order chi connectivity index (χ0) is 45.5. The number of rotatable bonds is 8. The van der Waals surface area contributed by atoms with Gasteiger partial charge >= 0.3 is 6.03 Å². The lowest BCUT2D eigenvalue weighted by atomic mass is 10.0. The van der Waals surface area contributed by atoms with Crippen molar-refractivity contribution in [2.45, 2.75) is 24.3 Å². The predicted molar refractivity (Wildman–Crippen MR) is 271 cm³/mol. The van der Waals surface area contributed by atoms with Crippen LogP contribution in [0.4, 0.5) is 10.5 Å². The fourth-order valence-corrected chi connectivity index (χ4v) is 10.5. The van der Waals surface area contributed by atoms with Crippen molar-refractivity contribution in [1.82, 2.24) is 29.6 Å². The second kappa shape index (κ2) is 17.4. The maximum absolute atomic E-state index is 14.2. The van der Waals surface area contributed by atoms with Gasteiger partial charge in [-0.1, -0.05) is 127 Å². The van der Waals surface area contributed by atoms with Gasteiger partial charge < -0.3 is 20.2 Å². The Morgan fingerprint density at radius 3 is 1.48 bits per heavy atom. The van der Waals surface area contributed by atoms with E-state index >= 15 is 0 Å². The molecule has 6 heterocycles. The average molecular weight is 896 g/mol. The molecule has 1 saturated heterocycles. The molecule has 8 bridgehead atoms. The smallest absolute Gasteiger partial charge is 0.321 e. The summed E-state index contributed by atoms with van der Waals surface area (Å²) in [4.78, 5) is 34.4. The number of hydrogen-bond donors (Lipinski definition) is 4. The third-order valence-electron chi connectivity index (χ3n) is 12.5. The van der Waals surface area contributed by atoms with Crippen LogP contribution in [0.3, 0.4) is 0 Å². The first-order chi connectivity index (χ1) is 32.8. The number of urea groups is 1. The molecule has 67 heavy (non-hydrogen) atoms. The summed E-state index contributed by atoms with van der Waals surface area (Å²) >= 11 is 0. The van der Waals surface area contributed by atoms with Gasteiger partial charge in [-0.3, -0.25) is 0 Å².